The van der Waals surface area contributed by atoms with Gasteiger partial charge in [0.2, 0.25) is 0 Å². The Morgan fingerprint density at radius 3 is 2.79 bits per heavy atom. The van der Waals surface area contributed by atoms with Gasteiger partial charge in [0.05, 0.1) is 11.5 Å². The van der Waals surface area contributed by atoms with Gasteiger partial charge in [-0.25, -0.2) is 8.42 Å². The van der Waals surface area contributed by atoms with Crippen LogP contribution >= 0.6 is 0 Å². The molecule has 1 fully saturated rings. The molecular weight excluding hydrogens is 200 g/mol. The molecule has 0 amide bonds. The van der Waals surface area contributed by atoms with Crippen LogP contribution in [-0.2, 0) is 9.84 Å². The van der Waals surface area contributed by atoms with Gasteiger partial charge in [0, 0.05) is 6.04 Å². The van der Waals surface area contributed by atoms with Gasteiger partial charge in [-0.05, 0) is 31.8 Å². The van der Waals surface area contributed by atoms with Crippen molar-refractivity contribution in [3.8, 4) is 0 Å². The Hall–Kier alpha value is -0.130. The molecule has 0 aromatic rings. The van der Waals surface area contributed by atoms with Crippen LogP contribution in [-0.4, -0.2) is 39.1 Å². The first kappa shape index (κ1) is 11.9. The average Bonchev–Trinajstić information content (AvgIpc) is 2.43. The maximum absolute atomic E-state index is 11.2. The highest BCUT2D eigenvalue weighted by molar-refractivity contribution is 7.91. The summed E-state index contributed by atoms with van der Waals surface area (Å²) in [6, 6.07) is 0.167. The quantitative estimate of drug-likeness (QED) is 0.670. The first-order valence-corrected chi connectivity index (χ1v) is 6.99. The van der Waals surface area contributed by atoms with Crippen LogP contribution in [0.25, 0.3) is 0 Å². The van der Waals surface area contributed by atoms with Crippen molar-refractivity contribution < 1.29 is 8.42 Å². The summed E-state index contributed by atoms with van der Waals surface area (Å²) in [7, 11) is -2.74. The second-order valence-corrected chi connectivity index (χ2v) is 6.42. The van der Waals surface area contributed by atoms with Gasteiger partial charge in [-0.1, -0.05) is 6.92 Å². The topological polar surface area (TPSA) is 72.2 Å². The predicted molar refractivity (Wildman–Crippen MR) is 57.9 cm³/mol. The van der Waals surface area contributed by atoms with Crippen molar-refractivity contribution in [2.24, 2.45) is 11.7 Å². The van der Waals surface area contributed by atoms with Crippen molar-refractivity contribution in [1.29, 1.82) is 0 Å². The summed E-state index contributed by atoms with van der Waals surface area (Å²) < 4.78 is 22.3. The number of rotatable bonds is 5. The highest BCUT2D eigenvalue weighted by Gasteiger charge is 2.27. The van der Waals surface area contributed by atoms with E-state index in [1.165, 1.54) is 0 Å². The van der Waals surface area contributed by atoms with Gasteiger partial charge in [-0.15, -0.1) is 0 Å². The van der Waals surface area contributed by atoms with E-state index in [9.17, 15) is 8.42 Å². The second-order valence-electron chi connectivity index (χ2n) is 4.19. The number of hydrogen-bond donors (Lipinski definition) is 2. The fraction of sp³-hybridized carbons (Fsp3) is 1.00. The van der Waals surface area contributed by atoms with Gasteiger partial charge >= 0.3 is 0 Å². The molecule has 4 nitrogen and oxygen atoms in total. The van der Waals surface area contributed by atoms with Gasteiger partial charge in [-0.3, -0.25) is 0 Å². The summed E-state index contributed by atoms with van der Waals surface area (Å²) in [5.74, 6) is 1.18. The molecule has 1 heterocycles. The van der Waals surface area contributed by atoms with Gasteiger partial charge in [0.15, 0.2) is 9.84 Å². The van der Waals surface area contributed by atoms with Crippen molar-refractivity contribution in [2.45, 2.75) is 25.8 Å². The number of nitrogens with two attached hydrogens (primary N) is 1. The molecule has 0 saturated carbocycles. The molecule has 0 radical (unpaired) electrons. The minimum atomic E-state index is -2.74. The molecule has 0 spiro atoms. The van der Waals surface area contributed by atoms with E-state index in [1.807, 2.05) is 0 Å². The lowest BCUT2D eigenvalue weighted by Gasteiger charge is -2.15. The Morgan fingerprint density at radius 2 is 2.29 bits per heavy atom. The molecule has 1 aliphatic rings. The van der Waals surface area contributed by atoms with E-state index < -0.39 is 9.84 Å². The van der Waals surface area contributed by atoms with Gasteiger partial charge in [-0.2, -0.15) is 0 Å². The molecule has 0 aromatic heterocycles. The van der Waals surface area contributed by atoms with E-state index in [0.29, 0.717) is 24.0 Å². The highest BCUT2D eigenvalue weighted by Crippen LogP contribution is 2.11. The van der Waals surface area contributed by atoms with Crippen LogP contribution in [0.2, 0.25) is 0 Å². The number of sulfone groups is 1. The van der Waals surface area contributed by atoms with E-state index in [0.717, 1.165) is 19.4 Å². The summed E-state index contributed by atoms with van der Waals surface area (Å²) in [6.45, 7) is 3.70. The summed E-state index contributed by atoms with van der Waals surface area (Å²) >= 11 is 0. The van der Waals surface area contributed by atoms with E-state index in [-0.39, 0.29) is 6.04 Å². The molecule has 2 unspecified atom stereocenters. The SMILES string of the molecule is CC(CCN)CNC1CCS(=O)(=O)C1. The lowest BCUT2D eigenvalue weighted by Crippen LogP contribution is -2.34. The average molecular weight is 220 g/mol. The lowest BCUT2D eigenvalue weighted by atomic mass is 10.1. The fourth-order valence-electron chi connectivity index (χ4n) is 1.71. The van der Waals surface area contributed by atoms with Crippen molar-refractivity contribution >= 4 is 9.84 Å². The van der Waals surface area contributed by atoms with E-state index in [1.54, 1.807) is 0 Å². The van der Waals surface area contributed by atoms with Crippen molar-refractivity contribution in [1.82, 2.24) is 5.32 Å². The van der Waals surface area contributed by atoms with Crippen LogP contribution in [0.1, 0.15) is 19.8 Å². The number of hydrogen-bond acceptors (Lipinski definition) is 4. The van der Waals surface area contributed by atoms with Crippen LogP contribution in [0.4, 0.5) is 0 Å². The molecule has 1 saturated heterocycles. The number of nitrogens with one attached hydrogen (secondary N) is 1. The molecule has 0 aliphatic carbocycles. The van der Waals surface area contributed by atoms with Gasteiger partial charge in [0.25, 0.3) is 0 Å². The summed E-state index contributed by atoms with van der Waals surface area (Å²) in [5.41, 5.74) is 5.43. The minimum Gasteiger partial charge on any atom is -0.330 e. The molecule has 3 N–H and O–H groups in total. The molecule has 5 heteroatoms. The van der Waals surface area contributed by atoms with Crippen LogP contribution in [0.15, 0.2) is 0 Å². The Balaban J connectivity index is 2.20. The lowest BCUT2D eigenvalue weighted by molar-refractivity contribution is 0.448. The third-order valence-corrected chi connectivity index (χ3v) is 4.41. The first-order valence-electron chi connectivity index (χ1n) is 5.17. The molecular formula is C9H20N2O2S. The Kier molecular flexibility index (Phi) is 4.34. The Morgan fingerprint density at radius 1 is 1.57 bits per heavy atom. The molecule has 0 bridgehead atoms. The van der Waals surface area contributed by atoms with E-state index >= 15 is 0 Å². The standard InChI is InChI=1S/C9H20N2O2S/c1-8(2-4-10)6-11-9-3-5-14(12,13)7-9/h8-9,11H,2-7,10H2,1H3. The largest absolute Gasteiger partial charge is 0.330 e. The molecule has 2 atom stereocenters. The van der Waals surface area contributed by atoms with Crippen LogP contribution in [0.5, 0.6) is 0 Å². The van der Waals surface area contributed by atoms with Crippen LogP contribution in [0.3, 0.4) is 0 Å². The summed E-state index contributed by atoms with van der Waals surface area (Å²) in [5, 5.41) is 3.29. The fourth-order valence-corrected chi connectivity index (χ4v) is 3.42. The third kappa shape index (κ3) is 3.94. The highest BCUT2D eigenvalue weighted by atomic mass is 32.2. The zero-order valence-corrected chi connectivity index (χ0v) is 9.52. The smallest absolute Gasteiger partial charge is 0.151 e. The second kappa shape index (κ2) is 5.09. The maximum Gasteiger partial charge on any atom is 0.151 e. The van der Waals surface area contributed by atoms with Crippen LogP contribution in [0, 0.1) is 5.92 Å². The summed E-state index contributed by atoms with van der Waals surface area (Å²) in [6.07, 6.45) is 1.75. The van der Waals surface area contributed by atoms with Gasteiger partial charge < -0.3 is 11.1 Å². The molecule has 0 aromatic carbocycles. The van der Waals surface area contributed by atoms with E-state index in [2.05, 4.69) is 12.2 Å². The predicted octanol–water partition coefficient (Wildman–Crippen LogP) is -0.252. The zero-order valence-electron chi connectivity index (χ0n) is 8.70. The molecule has 1 rings (SSSR count). The van der Waals surface area contributed by atoms with Crippen LogP contribution < -0.4 is 11.1 Å². The van der Waals surface area contributed by atoms with Crippen molar-refractivity contribution in [2.75, 3.05) is 24.6 Å². The molecule has 14 heavy (non-hydrogen) atoms. The van der Waals surface area contributed by atoms with Crippen molar-refractivity contribution in [3.05, 3.63) is 0 Å². The summed E-state index contributed by atoms with van der Waals surface area (Å²) in [4.78, 5) is 0. The van der Waals surface area contributed by atoms with Gasteiger partial charge in [0.1, 0.15) is 0 Å². The first-order chi connectivity index (χ1) is 6.53. The zero-order chi connectivity index (χ0) is 10.6. The Bertz CT molecular complexity index is 264. The minimum absolute atomic E-state index is 0.167. The third-order valence-electron chi connectivity index (χ3n) is 2.65. The monoisotopic (exact) mass is 220 g/mol. The molecule has 1 aliphatic heterocycles. The molecule has 84 valence electrons. The Labute approximate surface area is 86.2 Å². The van der Waals surface area contributed by atoms with E-state index in [4.69, 9.17) is 5.73 Å². The maximum atomic E-state index is 11.2. The van der Waals surface area contributed by atoms with Crippen molar-refractivity contribution in [3.63, 3.8) is 0 Å². The normalized spacial score (nSPS) is 27.7.